The largest absolute Gasteiger partial charge is 0.393 e. The third-order valence-electron chi connectivity index (χ3n) is 9.03. The minimum absolute atomic E-state index is 0.0186. The number of ketones is 2. The molecule has 0 aliphatic heterocycles. The lowest BCUT2D eigenvalue weighted by atomic mass is 9.45. The Bertz CT molecular complexity index is 749. The van der Waals surface area contributed by atoms with E-state index in [-0.39, 0.29) is 40.2 Å². The van der Waals surface area contributed by atoms with Gasteiger partial charge in [0.1, 0.15) is 12.2 Å². The molecule has 0 heterocycles. The topological polar surface area (TPSA) is 94.8 Å². The van der Waals surface area contributed by atoms with Crippen molar-refractivity contribution in [2.75, 3.05) is 6.61 Å². The van der Waals surface area contributed by atoms with Crippen molar-refractivity contribution in [3.8, 4) is 0 Å². The fourth-order valence-corrected chi connectivity index (χ4v) is 8.15. The lowest BCUT2D eigenvalue weighted by molar-refractivity contribution is -0.186. The quantitative estimate of drug-likeness (QED) is 0.607. The number of hydrogen-bond donors (Lipinski definition) is 3. The molecule has 6 heteroatoms. The molecule has 4 aliphatic rings. The van der Waals surface area contributed by atoms with Crippen molar-refractivity contribution in [3.05, 3.63) is 11.6 Å². The molecule has 0 aromatic heterocycles. The lowest BCUT2D eigenvalue weighted by Gasteiger charge is -2.61. The van der Waals surface area contributed by atoms with E-state index in [2.05, 4.69) is 6.92 Å². The van der Waals surface area contributed by atoms with Crippen LogP contribution in [0, 0.1) is 34.5 Å². The molecule has 4 aliphatic carbocycles. The monoisotopic (exact) mass is 410 g/mol. The predicted molar refractivity (Wildman–Crippen MR) is 105 cm³/mol. The number of fused-ring (bicyclic) bond motifs is 5. The molecule has 0 aromatic rings. The normalized spacial score (nSPS) is 53.1. The molecule has 0 radical (unpaired) electrons. The standard InChI is InChI=1S/C22H31ClO5/c1-11-6-14-18-15(23)8-12-7-13(25)4-5-20(12,2)19(18)16(26)9-21(14,3)22(11,28)17(27)10-24/h7,11,14-16,18-19,24,26,28H,4-6,8-10H2,1-3H3/t11-,14+,15-,16+,18-,19+,20+,21+,22+/m1/s1. The summed E-state index contributed by atoms with van der Waals surface area (Å²) in [6, 6.07) is 0. The number of allylic oxidation sites excluding steroid dienone is 1. The number of alkyl halides is 1. The van der Waals surface area contributed by atoms with E-state index in [1.54, 1.807) is 6.08 Å². The number of hydrogen-bond acceptors (Lipinski definition) is 5. The van der Waals surface area contributed by atoms with E-state index in [9.17, 15) is 24.9 Å². The maximum absolute atomic E-state index is 12.6. The highest BCUT2D eigenvalue weighted by Crippen LogP contribution is 2.69. The molecule has 28 heavy (non-hydrogen) atoms. The van der Waals surface area contributed by atoms with E-state index in [4.69, 9.17) is 11.6 Å². The zero-order chi connectivity index (χ0) is 20.6. The van der Waals surface area contributed by atoms with Crippen LogP contribution in [-0.2, 0) is 9.59 Å². The molecule has 156 valence electrons. The van der Waals surface area contributed by atoms with Gasteiger partial charge >= 0.3 is 0 Å². The number of carbonyl (C=O) groups is 2. The van der Waals surface area contributed by atoms with Gasteiger partial charge in [-0.15, -0.1) is 11.6 Å². The van der Waals surface area contributed by atoms with Crippen LogP contribution < -0.4 is 0 Å². The summed E-state index contributed by atoms with van der Waals surface area (Å²) in [5, 5.41) is 32.1. The summed E-state index contributed by atoms with van der Waals surface area (Å²) < 4.78 is 0. The third kappa shape index (κ3) is 2.36. The first kappa shape index (κ1) is 20.5. The predicted octanol–water partition coefficient (Wildman–Crippen LogP) is 2.24. The van der Waals surface area contributed by atoms with Gasteiger partial charge < -0.3 is 15.3 Å². The van der Waals surface area contributed by atoms with Gasteiger partial charge in [0.25, 0.3) is 0 Å². The van der Waals surface area contributed by atoms with Crippen LogP contribution in [0.15, 0.2) is 11.6 Å². The number of halogens is 1. The smallest absolute Gasteiger partial charge is 0.190 e. The Hall–Kier alpha value is -0.750. The first-order valence-corrected chi connectivity index (χ1v) is 10.9. The van der Waals surface area contributed by atoms with Crippen molar-refractivity contribution in [2.45, 2.75) is 70.0 Å². The van der Waals surface area contributed by atoms with E-state index in [0.717, 1.165) is 5.57 Å². The van der Waals surface area contributed by atoms with Crippen LogP contribution in [0.1, 0.15) is 52.9 Å². The molecule has 3 saturated carbocycles. The van der Waals surface area contributed by atoms with E-state index in [0.29, 0.717) is 32.1 Å². The zero-order valence-corrected chi connectivity index (χ0v) is 17.6. The van der Waals surface area contributed by atoms with Gasteiger partial charge in [-0.2, -0.15) is 0 Å². The Balaban J connectivity index is 1.81. The molecule has 0 unspecified atom stereocenters. The van der Waals surface area contributed by atoms with Crippen molar-refractivity contribution < 1.29 is 24.9 Å². The molecular weight excluding hydrogens is 380 g/mol. The first-order valence-electron chi connectivity index (χ1n) is 10.4. The van der Waals surface area contributed by atoms with E-state index < -0.39 is 29.5 Å². The number of aliphatic hydroxyl groups is 3. The van der Waals surface area contributed by atoms with Crippen LogP contribution in [-0.4, -0.2) is 50.6 Å². The van der Waals surface area contributed by atoms with Crippen molar-refractivity contribution >= 4 is 23.2 Å². The summed E-state index contributed by atoms with van der Waals surface area (Å²) in [5.41, 5.74) is -1.73. The highest BCUT2D eigenvalue weighted by Gasteiger charge is 2.71. The molecule has 9 atom stereocenters. The second-order valence-corrected chi connectivity index (χ2v) is 10.7. The highest BCUT2D eigenvalue weighted by molar-refractivity contribution is 6.21. The van der Waals surface area contributed by atoms with E-state index in [1.165, 1.54) is 0 Å². The SMILES string of the molecule is C[C@@H]1C[C@H]2[C@H]3[C@H]([C@@H](O)C[C@]2(C)[C@@]1(O)C(=O)CO)[C@@]1(C)CCC(=O)C=C1C[C@H]3Cl. The van der Waals surface area contributed by atoms with Gasteiger partial charge in [0.05, 0.1) is 6.10 Å². The van der Waals surface area contributed by atoms with Gasteiger partial charge in [-0.3, -0.25) is 9.59 Å². The van der Waals surface area contributed by atoms with Gasteiger partial charge in [0, 0.05) is 17.2 Å². The van der Waals surface area contributed by atoms with E-state index in [1.807, 2.05) is 13.8 Å². The van der Waals surface area contributed by atoms with Gasteiger partial charge in [0.2, 0.25) is 0 Å². The van der Waals surface area contributed by atoms with Gasteiger partial charge in [-0.25, -0.2) is 0 Å². The Morgan fingerprint density at radius 2 is 2.04 bits per heavy atom. The van der Waals surface area contributed by atoms with Crippen LogP contribution in [0.25, 0.3) is 0 Å². The summed E-state index contributed by atoms with van der Waals surface area (Å²) in [4.78, 5) is 24.6. The molecule has 0 bridgehead atoms. The van der Waals surface area contributed by atoms with Crippen molar-refractivity contribution in [1.29, 1.82) is 0 Å². The average molecular weight is 411 g/mol. The molecule has 0 saturated heterocycles. The highest BCUT2D eigenvalue weighted by atomic mass is 35.5. The molecule has 3 fully saturated rings. The minimum Gasteiger partial charge on any atom is -0.393 e. The summed E-state index contributed by atoms with van der Waals surface area (Å²) in [5.74, 6) is -0.909. The first-order chi connectivity index (χ1) is 13.0. The summed E-state index contributed by atoms with van der Waals surface area (Å²) in [6.45, 7) is 5.18. The molecule has 0 aromatic carbocycles. The van der Waals surface area contributed by atoms with Gasteiger partial charge in [-0.05, 0) is 60.8 Å². The molecular formula is C22H31ClO5. The maximum atomic E-state index is 12.6. The second-order valence-electron chi connectivity index (χ2n) is 10.2. The van der Waals surface area contributed by atoms with Crippen LogP contribution in [0.2, 0.25) is 0 Å². The third-order valence-corrected chi connectivity index (χ3v) is 9.48. The van der Waals surface area contributed by atoms with Crippen LogP contribution in [0.3, 0.4) is 0 Å². The van der Waals surface area contributed by atoms with Crippen LogP contribution in [0.4, 0.5) is 0 Å². The minimum atomic E-state index is -1.66. The molecule has 5 nitrogen and oxygen atoms in total. The Kier molecular flexibility index (Phi) is 4.67. The summed E-state index contributed by atoms with van der Waals surface area (Å²) in [7, 11) is 0. The van der Waals surface area contributed by atoms with E-state index >= 15 is 0 Å². The number of rotatable bonds is 2. The van der Waals surface area contributed by atoms with Crippen LogP contribution >= 0.6 is 11.6 Å². The molecule has 3 N–H and O–H groups in total. The zero-order valence-electron chi connectivity index (χ0n) is 16.8. The van der Waals surface area contributed by atoms with Crippen LogP contribution in [0.5, 0.6) is 0 Å². The van der Waals surface area contributed by atoms with Gasteiger partial charge in [-0.1, -0.05) is 26.3 Å². The fourth-order valence-electron chi connectivity index (χ4n) is 7.65. The Morgan fingerprint density at radius 3 is 2.68 bits per heavy atom. The van der Waals surface area contributed by atoms with Gasteiger partial charge in [0.15, 0.2) is 11.6 Å². The maximum Gasteiger partial charge on any atom is 0.190 e. The molecule has 0 spiro atoms. The number of Topliss-reactive ketones (excluding diaryl/α,β-unsaturated/α-hetero) is 1. The Morgan fingerprint density at radius 1 is 1.36 bits per heavy atom. The number of carbonyl (C=O) groups excluding carboxylic acids is 2. The second kappa shape index (κ2) is 6.37. The van der Waals surface area contributed by atoms with Crippen molar-refractivity contribution in [1.82, 2.24) is 0 Å². The van der Waals surface area contributed by atoms with Crippen molar-refractivity contribution in [3.63, 3.8) is 0 Å². The average Bonchev–Trinajstić information content (AvgIpc) is 2.83. The van der Waals surface area contributed by atoms with Crippen molar-refractivity contribution in [2.24, 2.45) is 34.5 Å². The summed E-state index contributed by atoms with van der Waals surface area (Å²) in [6.07, 6.45) is 3.74. The lowest BCUT2D eigenvalue weighted by Crippen LogP contribution is -2.64. The fraction of sp³-hybridized carbons (Fsp3) is 0.818. The number of aliphatic hydroxyl groups excluding tert-OH is 2. The molecule has 0 amide bonds. The Labute approximate surface area is 171 Å². The summed E-state index contributed by atoms with van der Waals surface area (Å²) >= 11 is 6.89. The molecule has 4 rings (SSSR count).